The number of hydrogen-bond donors (Lipinski definition) is 1. The van der Waals surface area contributed by atoms with Crippen molar-refractivity contribution in [1.29, 1.82) is 0 Å². The molecule has 2 aliphatic carbocycles. The lowest BCUT2D eigenvalue weighted by atomic mass is 9.35. The average molecular weight is 254 g/mol. The summed E-state index contributed by atoms with van der Waals surface area (Å²) in [6.45, 7) is 8.41. The number of carboxylic acids is 1. The SMILES string of the molecule is CC1=C(C)[C@]2(C)C(C(=O)O)=C(c3ccccc3)[C@]12C. The number of aliphatic carboxylic acids is 1. The first-order valence-corrected chi connectivity index (χ1v) is 6.59. The molecule has 0 spiro atoms. The summed E-state index contributed by atoms with van der Waals surface area (Å²) in [5.74, 6) is -0.786. The second-order valence-corrected chi connectivity index (χ2v) is 5.92. The van der Waals surface area contributed by atoms with E-state index in [0.29, 0.717) is 5.57 Å². The molecular formula is C17H18O2. The molecule has 1 aromatic rings. The molecule has 2 atom stereocenters. The number of allylic oxidation sites excluding steroid dienone is 3. The monoisotopic (exact) mass is 254 g/mol. The molecule has 2 heteroatoms. The Balaban J connectivity index is 2.26. The molecule has 0 saturated heterocycles. The highest BCUT2D eigenvalue weighted by Gasteiger charge is 2.69. The highest BCUT2D eigenvalue weighted by Crippen LogP contribution is 2.77. The fourth-order valence-corrected chi connectivity index (χ4v) is 4.11. The van der Waals surface area contributed by atoms with E-state index in [1.807, 2.05) is 30.3 Å². The van der Waals surface area contributed by atoms with Crippen LogP contribution in [0.5, 0.6) is 0 Å². The third-order valence-corrected chi connectivity index (χ3v) is 5.59. The van der Waals surface area contributed by atoms with Gasteiger partial charge in [0.2, 0.25) is 0 Å². The number of carbonyl (C=O) groups is 1. The van der Waals surface area contributed by atoms with Gasteiger partial charge in [0, 0.05) is 10.8 Å². The maximum atomic E-state index is 11.7. The smallest absolute Gasteiger partial charge is 0.332 e. The van der Waals surface area contributed by atoms with Gasteiger partial charge >= 0.3 is 5.97 Å². The van der Waals surface area contributed by atoms with Gasteiger partial charge in [-0.1, -0.05) is 55.3 Å². The molecule has 0 aliphatic heterocycles. The van der Waals surface area contributed by atoms with Gasteiger partial charge in [0.05, 0.1) is 5.57 Å². The summed E-state index contributed by atoms with van der Waals surface area (Å²) in [6.07, 6.45) is 0. The highest BCUT2D eigenvalue weighted by atomic mass is 16.4. The maximum absolute atomic E-state index is 11.7. The van der Waals surface area contributed by atoms with E-state index in [0.717, 1.165) is 11.1 Å². The second kappa shape index (κ2) is 3.38. The van der Waals surface area contributed by atoms with Crippen LogP contribution in [0, 0.1) is 10.8 Å². The van der Waals surface area contributed by atoms with Crippen LogP contribution < -0.4 is 0 Å². The number of fused-ring (bicyclic) bond motifs is 1. The molecule has 98 valence electrons. The summed E-state index contributed by atoms with van der Waals surface area (Å²) in [5.41, 5.74) is 4.72. The van der Waals surface area contributed by atoms with Gasteiger partial charge < -0.3 is 5.11 Å². The van der Waals surface area contributed by atoms with Crippen molar-refractivity contribution in [2.75, 3.05) is 0 Å². The molecule has 0 radical (unpaired) electrons. The largest absolute Gasteiger partial charge is 0.478 e. The van der Waals surface area contributed by atoms with Crippen molar-refractivity contribution >= 4 is 11.5 Å². The van der Waals surface area contributed by atoms with E-state index in [4.69, 9.17) is 0 Å². The molecular weight excluding hydrogens is 236 g/mol. The van der Waals surface area contributed by atoms with Crippen LogP contribution in [0.2, 0.25) is 0 Å². The molecule has 1 N–H and O–H groups in total. The van der Waals surface area contributed by atoms with Gasteiger partial charge in [0.25, 0.3) is 0 Å². The molecule has 0 heterocycles. The van der Waals surface area contributed by atoms with E-state index in [2.05, 4.69) is 27.7 Å². The third kappa shape index (κ3) is 1.07. The van der Waals surface area contributed by atoms with Crippen molar-refractivity contribution in [2.24, 2.45) is 10.8 Å². The van der Waals surface area contributed by atoms with Crippen molar-refractivity contribution < 1.29 is 9.90 Å². The maximum Gasteiger partial charge on any atom is 0.332 e. The molecule has 2 aliphatic rings. The summed E-state index contributed by atoms with van der Waals surface area (Å²) in [7, 11) is 0. The second-order valence-electron chi connectivity index (χ2n) is 5.92. The standard InChI is InChI=1S/C17H18O2/c1-10-11(2)17(4)14(15(18)19)13(16(10,17)3)12-8-6-5-7-9-12/h5-9H,1-4H3,(H,18,19)/t16-,17+/m0/s1. The van der Waals surface area contributed by atoms with Gasteiger partial charge in [0.1, 0.15) is 0 Å². The minimum Gasteiger partial charge on any atom is -0.478 e. The fourth-order valence-electron chi connectivity index (χ4n) is 4.11. The Morgan fingerprint density at radius 2 is 1.53 bits per heavy atom. The molecule has 1 aromatic carbocycles. The Labute approximate surface area is 113 Å². The molecule has 0 bridgehead atoms. The van der Waals surface area contributed by atoms with Crippen LogP contribution in [0.15, 0.2) is 47.1 Å². The molecule has 2 nitrogen and oxygen atoms in total. The van der Waals surface area contributed by atoms with E-state index in [1.54, 1.807) is 0 Å². The lowest BCUT2D eigenvalue weighted by Gasteiger charge is -2.67. The first-order chi connectivity index (χ1) is 8.86. The summed E-state index contributed by atoms with van der Waals surface area (Å²) in [6, 6.07) is 9.89. The van der Waals surface area contributed by atoms with Crippen LogP contribution in [-0.2, 0) is 4.79 Å². The van der Waals surface area contributed by atoms with Crippen LogP contribution in [0.1, 0.15) is 33.3 Å². The average Bonchev–Trinajstić information content (AvgIpc) is 2.41. The Morgan fingerprint density at radius 1 is 1.00 bits per heavy atom. The molecule has 0 fully saturated rings. The first-order valence-electron chi connectivity index (χ1n) is 6.59. The van der Waals surface area contributed by atoms with Crippen LogP contribution in [-0.4, -0.2) is 11.1 Å². The third-order valence-electron chi connectivity index (χ3n) is 5.59. The summed E-state index contributed by atoms with van der Waals surface area (Å²) in [4.78, 5) is 11.7. The van der Waals surface area contributed by atoms with Crippen LogP contribution in [0.4, 0.5) is 0 Å². The normalized spacial score (nSPS) is 32.6. The lowest BCUT2D eigenvalue weighted by molar-refractivity contribution is -0.135. The molecule has 19 heavy (non-hydrogen) atoms. The van der Waals surface area contributed by atoms with E-state index in [9.17, 15) is 9.90 Å². The molecule has 0 unspecified atom stereocenters. The number of carboxylic acid groups (broad SMARTS) is 1. The van der Waals surface area contributed by atoms with Gasteiger partial charge in [-0.05, 0) is 25.0 Å². The van der Waals surface area contributed by atoms with E-state index < -0.39 is 5.97 Å². The lowest BCUT2D eigenvalue weighted by Crippen LogP contribution is -2.60. The Bertz CT molecular complexity index is 651. The Morgan fingerprint density at radius 3 is 2.05 bits per heavy atom. The van der Waals surface area contributed by atoms with Crippen molar-refractivity contribution in [1.82, 2.24) is 0 Å². The van der Waals surface area contributed by atoms with E-state index in [1.165, 1.54) is 11.1 Å². The van der Waals surface area contributed by atoms with Gasteiger partial charge in [0.15, 0.2) is 0 Å². The zero-order valence-corrected chi connectivity index (χ0v) is 11.7. The number of rotatable bonds is 2. The molecule has 0 saturated carbocycles. The molecule has 0 aromatic heterocycles. The van der Waals surface area contributed by atoms with Crippen molar-refractivity contribution in [3.8, 4) is 0 Å². The van der Waals surface area contributed by atoms with Gasteiger partial charge in [-0.3, -0.25) is 0 Å². The molecule has 3 rings (SSSR count). The van der Waals surface area contributed by atoms with Crippen LogP contribution >= 0.6 is 0 Å². The van der Waals surface area contributed by atoms with Gasteiger partial charge in [-0.25, -0.2) is 4.79 Å². The Kier molecular flexibility index (Phi) is 2.17. The van der Waals surface area contributed by atoms with Gasteiger partial charge in [-0.15, -0.1) is 0 Å². The molecule has 0 amide bonds. The van der Waals surface area contributed by atoms with Crippen molar-refractivity contribution in [2.45, 2.75) is 27.7 Å². The highest BCUT2D eigenvalue weighted by molar-refractivity contribution is 6.08. The van der Waals surface area contributed by atoms with E-state index >= 15 is 0 Å². The quantitative estimate of drug-likeness (QED) is 0.813. The predicted molar refractivity (Wildman–Crippen MR) is 75.6 cm³/mol. The van der Waals surface area contributed by atoms with Crippen LogP contribution in [0.3, 0.4) is 0 Å². The van der Waals surface area contributed by atoms with E-state index in [-0.39, 0.29) is 10.8 Å². The van der Waals surface area contributed by atoms with Crippen molar-refractivity contribution in [3.05, 3.63) is 52.6 Å². The topological polar surface area (TPSA) is 37.3 Å². The first kappa shape index (κ1) is 12.2. The van der Waals surface area contributed by atoms with Gasteiger partial charge in [-0.2, -0.15) is 0 Å². The minimum absolute atomic E-state index is 0.119. The zero-order valence-electron chi connectivity index (χ0n) is 11.7. The minimum atomic E-state index is -0.786. The number of benzene rings is 1. The van der Waals surface area contributed by atoms with Crippen LogP contribution in [0.25, 0.3) is 5.57 Å². The number of hydrogen-bond acceptors (Lipinski definition) is 1. The summed E-state index contributed by atoms with van der Waals surface area (Å²) in [5, 5.41) is 9.59. The summed E-state index contributed by atoms with van der Waals surface area (Å²) >= 11 is 0. The fraction of sp³-hybridized carbons (Fsp3) is 0.353. The van der Waals surface area contributed by atoms with Crippen molar-refractivity contribution in [3.63, 3.8) is 0 Å². The Hall–Kier alpha value is -1.83. The summed E-state index contributed by atoms with van der Waals surface area (Å²) < 4.78 is 0. The predicted octanol–water partition coefficient (Wildman–Crippen LogP) is 3.90. The zero-order chi connectivity index (χ0) is 14.0.